The first-order chi connectivity index (χ1) is 6.77. The quantitative estimate of drug-likeness (QED) is 0.597. The Hall–Kier alpha value is -1.25. The number of hydrogen-bond acceptors (Lipinski definition) is 5. The average Bonchev–Trinajstić information content (AvgIpc) is 2.20. The van der Waals surface area contributed by atoms with E-state index in [1.807, 2.05) is 0 Å². The number of nitrogen functional groups attached to an aromatic ring is 1. The largest absolute Gasteiger partial charge is 0.397 e. The molecule has 1 aromatic rings. The Labute approximate surface area is 87.1 Å². The van der Waals surface area contributed by atoms with Crippen LogP contribution in [0.4, 0.5) is 5.69 Å². The van der Waals surface area contributed by atoms with Crippen molar-refractivity contribution in [3.8, 4) is 6.07 Å². The fraction of sp³-hybridized carbons (Fsp3) is 0.333. The van der Waals surface area contributed by atoms with E-state index in [1.165, 1.54) is 11.8 Å². The molecule has 0 spiro atoms. The highest BCUT2D eigenvalue weighted by atomic mass is 32.2. The van der Waals surface area contributed by atoms with E-state index in [4.69, 9.17) is 15.7 Å². The van der Waals surface area contributed by atoms with Crippen molar-refractivity contribution in [3.63, 3.8) is 0 Å². The second-order valence-corrected chi connectivity index (χ2v) is 3.66. The third kappa shape index (κ3) is 2.91. The second-order valence-electron chi connectivity index (χ2n) is 2.57. The van der Waals surface area contributed by atoms with Crippen molar-refractivity contribution >= 4 is 17.4 Å². The molecular weight excluding hydrogens is 198 g/mol. The molecule has 0 aliphatic rings. The van der Waals surface area contributed by atoms with Crippen molar-refractivity contribution in [2.24, 2.45) is 0 Å². The number of ether oxygens (including phenoxy) is 1. The fourth-order valence-corrected chi connectivity index (χ4v) is 1.72. The Balaban J connectivity index is 2.72. The van der Waals surface area contributed by atoms with E-state index in [-0.39, 0.29) is 0 Å². The molecule has 5 heteroatoms. The van der Waals surface area contributed by atoms with Crippen molar-refractivity contribution < 1.29 is 4.74 Å². The van der Waals surface area contributed by atoms with E-state index < -0.39 is 0 Å². The molecule has 1 heterocycles. The van der Waals surface area contributed by atoms with Crippen molar-refractivity contribution in [1.82, 2.24) is 4.98 Å². The van der Waals surface area contributed by atoms with Gasteiger partial charge >= 0.3 is 0 Å². The summed E-state index contributed by atoms with van der Waals surface area (Å²) in [6, 6.07) is 3.69. The fourth-order valence-electron chi connectivity index (χ4n) is 0.885. The Morgan fingerprint density at radius 3 is 3.14 bits per heavy atom. The minimum Gasteiger partial charge on any atom is -0.397 e. The lowest BCUT2D eigenvalue weighted by atomic mass is 10.3. The Morgan fingerprint density at radius 1 is 1.71 bits per heavy atom. The zero-order valence-electron chi connectivity index (χ0n) is 7.86. The van der Waals surface area contributed by atoms with Gasteiger partial charge in [-0.1, -0.05) is 0 Å². The molecule has 0 saturated heterocycles. The molecule has 0 saturated carbocycles. The van der Waals surface area contributed by atoms with Gasteiger partial charge in [-0.25, -0.2) is 4.98 Å². The summed E-state index contributed by atoms with van der Waals surface area (Å²) in [5.41, 5.74) is 6.54. The van der Waals surface area contributed by atoms with E-state index >= 15 is 0 Å². The number of nitrogens with zero attached hydrogens (tertiary/aromatic N) is 2. The molecule has 0 radical (unpaired) electrons. The third-order valence-electron chi connectivity index (χ3n) is 1.52. The molecule has 0 amide bonds. The molecule has 14 heavy (non-hydrogen) atoms. The monoisotopic (exact) mass is 209 g/mol. The minimum atomic E-state index is 0.512. The van der Waals surface area contributed by atoms with Gasteiger partial charge in [-0.15, -0.1) is 11.8 Å². The predicted octanol–water partition coefficient (Wildman–Crippen LogP) is 1.27. The van der Waals surface area contributed by atoms with Gasteiger partial charge in [0.15, 0.2) is 0 Å². The summed E-state index contributed by atoms with van der Waals surface area (Å²) in [5, 5.41) is 9.52. The summed E-state index contributed by atoms with van der Waals surface area (Å²) >= 11 is 1.49. The number of methoxy groups -OCH3 is 1. The van der Waals surface area contributed by atoms with Gasteiger partial charge in [-0.2, -0.15) is 5.26 Å². The van der Waals surface area contributed by atoms with Crippen LogP contribution in [0.25, 0.3) is 0 Å². The maximum Gasteiger partial charge on any atom is 0.114 e. The molecule has 1 rings (SSSR count). The first-order valence-electron chi connectivity index (χ1n) is 4.05. The van der Waals surface area contributed by atoms with Crippen molar-refractivity contribution in [1.29, 1.82) is 5.26 Å². The molecule has 2 N–H and O–H groups in total. The smallest absolute Gasteiger partial charge is 0.114 e. The maximum absolute atomic E-state index is 8.81. The SMILES string of the molecule is COCCSc1ncc(N)cc1C#N. The Morgan fingerprint density at radius 2 is 2.50 bits per heavy atom. The number of rotatable bonds is 4. The van der Waals surface area contributed by atoms with Crippen LogP contribution in [-0.2, 0) is 4.74 Å². The lowest BCUT2D eigenvalue weighted by Crippen LogP contribution is -1.95. The minimum absolute atomic E-state index is 0.512. The molecule has 0 fully saturated rings. The van der Waals surface area contributed by atoms with Gasteiger partial charge in [-0.3, -0.25) is 0 Å². The average molecular weight is 209 g/mol. The standard InChI is InChI=1S/C9H11N3OS/c1-13-2-3-14-9-7(5-10)4-8(11)6-12-9/h4,6H,2-3,11H2,1H3. The van der Waals surface area contributed by atoms with Crippen molar-refractivity contribution in [2.45, 2.75) is 5.03 Å². The van der Waals surface area contributed by atoms with Gasteiger partial charge < -0.3 is 10.5 Å². The highest BCUT2D eigenvalue weighted by Gasteiger charge is 2.04. The van der Waals surface area contributed by atoms with Crippen LogP contribution in [-0.4, -0.2) is 24.5 Å². The molecule has 0 aliphatic carbocycles. The zero-order chi connectivity index (χ0) is 10.4. The van der Waals surface area contributed by atoms with E-state index in [0.29, 0.717) is 22.9 Å². The van der Waals surface area contributed by atoms with E-state index in [9.17, 15) is 0 Å². The number of pyridine rings is 1. The van der Waals surface area contributed by atoms with Crippen LogP contribution in [0.5, 0.6) is 0 Å². The first-order valence-corrected chi connectivity index (χ1v) is 5.04. The summed E-state index contributed by atoms with van der Waals surface area (Å²) in [4.78, 5) is 4.08. The van der Waals surface area contributed by atoms with Gasteiger partial charge in [0.1, 0.15) is 11.1 Å². The third-order valence-corrected chi connectivity index (χ3v) is 2.49. The number of thioether (sulfide) groups is 1. The maximum atomic E-state index is 8.81. The van der Waals surface area contributed by atoms with Crippen LogP contribution < -0.4 is 5.73 Å². The second kappa shape index (κ2) is 5.47. The van der Waals surface area contributed by atoms with Crippen LogP contribution in [0, 0.1) is 11.3 Å². The zero-order valence-corrected chi connectivity index (χ0v) is 8.67. The number of nitrogens with two attached hydrogens (primary N) is 1. The normalized spacial score (nSPS) is 9.71. The van der Waals surface area contributed by atoms with Gasteiger partial charge in [0.05, 0.1) is 24.1 Å². The van der Waals surface area contributed by atoms with Crippen LogP contribution >= 0.6 is 11.8 Å². The van der Waals surface area contributed by atoms with Crippen molar-refractivity contribution in [3.05, 3.63) is 17.8 Å². The molecule has 1 aromatic heterocycles. The van der Waals surface area contributed by atoms with E-state index in [2.05, 4.69) is 11.1 Å². The first kappa shape index (κ1) is 10.8. The summed E-state index contributed by atoms with van der Waals surface area (Å²) in [6.07, 6.45) is 1.55. The highest BCUT2D eigenvalue weighted by molar-refractivity contribution is 7.99. The lowest BCUT2D eigenvalue weighted by molar-refractivity contribution is 0.218. The lowest BCUT2D eigenvalue weighted by Gasteiger charge is -2.02. The molecule has 4 nitrogen and oxygen atoms in total. The Bertz CT molecular complexity index is 348. The molecule has 74 valence electrons. The van der Waals surface area contributed by atoms with Crippen LogP contribution in [0.1, 0.15) is 5.56 Å². The number of anilines is 1. The van der Waals surface area contributed by atoms with Crippen LogP contribution in [0.2, 0.25) is 0 Å². The molecule has 0 unspecified atom stereocenters. The number of aromatic nitrogens is 1. The van der Waals surface area contributed by atoms with Gasteiger partial charge in [0.25, 0.3) is 0 Å². The molecule has 0 aromatic carbocycles. The van der Waals surface area contributed by atoms with Gasteiger partial charge in [0.2, 0.25) is 0 Å². The molecule has 0 atom stereocenters. The van der Waals surface area contributed by atoms with Crippen LogP contribution in [0.15, 0.2) is 17.3 Å². The summed E-state index contributed by atoms with van der Waals surface area (Å²) in [7, 11) is 1.64. The summed E-state index contributed by atoms with van der Waals surface area (Å²) in [6.45, 7) is 0.640. The van der Waals surface area contributed by atoms with E-state index in [1.54, 1.807) is 19.4 Å². The topological polar surface area (TPSA) is 71.9 Å². The van der Waals surface area contributed by atoms with Crippen molar-refractivity contribution in [2.75, 3.05) is 25.2 Å². The van der Waals surface area contributed by atoms with Gasteiger partial charge in [0, 0.05) is 12.9 Å². The molecule has 0 bridgehead atoms. The van der Waals surface area contributed by atoms with Crippen LogP contribution in [0.3, 0.4) is 0 Å². The molecule has 0 aliphatic heterocycles. The predicted molar refractivity (Wildman–Crippen MR) is 56.0 cm³/mol. The number of nitriles is 1. The molecular formula is C9H11N3OS. The van der Waals surface area contributed by atoms with E-state index in [0.717, 1.165) is 5.75 Å². The summed E-state index contributed by atoms with van der Waals surface area (Å²) < 4.78 is 4.90. The summed E-state index contributed by atoms with van der Waals surface area (Å²) in [5.74, 6) is 0.780. The number of hydrogen-bond donors (Lipinski definition) is 1. The highest BCUT2D eigenvalue weighted by Crippen LogP contribution is 2.20. The van der Waals surface area contributed by atoms with Gasteiger partial charge in [-0.05, 0) is 6.07 Å². The Kier molecular flexibility index (Phi) is 4.23.